The summed E-state index contributed by atoms with van der Waals surface area (Å²) in [7, 11) is -3.49. The van der Waals surface area contributed by atoms with Gasteiger partial charge in [-0.1, -0.05) is 6.92 Å². The number of hydrogen-bond donors (Lipinski definition) is 3. The first-order valence-electron chi connectivity index (χ1n) is 6.88. The molecule has 116 valence electrons. The Hall–Kier alpha value is -1.30. The molecule has 0 amide bonds. The van der Waals surface area contributed by atoms with E-state index in [2.05, 4.69) is 5.32 Å². The number of hydrogen-bond acceptors (Lipinski definition) is 7. The van der Waals surface area contributed by atoms with Crippen molar-refractivity contribution in [3.8, 4) is 6.07 Å². The van der Waals surface area contributed by atoms with E-state index in [4.69, 9.17) is 11.0 Å². The Kier molecular flexibility index (Phi) is 4.76. The molecule has 0 aliphatic heterocycles. The minimum atomic E-state index is -3.49. The predicted molar refractivity (Wildman–Crippen MR) is 83.1 cm³/mol. The summed E-state index contributed by atoms with van der Waals surface area (Å²) in [6.07, 6.45) is 2.66. The molecule has 0 saturated heterocycles. The van der Waals surface area contributed by atoms with E-state index in [0.717, 1.165) is 24.2 Å². The van der Waals surface area contributed by atoms with E-state index in [9.17, 15) is 13.5 Å². The summed E-state index contributed by atoms with van der Waals surface area (Å²) in [5, 5.41) is 22.2. The second-order valence-corrected chi connectivity index (χ2v) is 8.40. The standard InChI is InChI=1S/C13H19N3O3S2/c1-2-21(18,19)12-11(15)10(7-14)20-13(12)16-8-3-5-9(17)6-4-8/h8-9,16-17H,2-6,15H2,1H3. The van der Waals surface area contributed by atoms with Gasteiger partial charge >= 0.3 is 0 Å². The zero-order chi connectivity index (χ0) is 15.6. The Morgan fingerprint density at radius 1 is 1.43 bits per heavy atom. The number of nitrogens with zero attached hydrogens (tertiary/aromatic N) is 1. The molecule has 1 aliphatic rings. The van der Waals surface area contributed by atoms with Crippen LogP contribution in [0.25, 0.3) is 0 Å². The number of anilines is 2. The topological polar surface area (TPSA) is 116 Å². The van der Waals surface area contributed by atoms with Crippen molar-refractivity contribution in [1.82, 2.24) is 0 Å². The van der Waals surface area contributed by atoms with Crippen LogP contribution in [-0.2, 0) is 9.84 Å². The molecule has 4 N–H and O–H groups in total. The van der Waals surface area contributed by atoms with Gasteiger partial charge in [-0.3, -0.25) is 0 Å². The van der Waals surface area contributed by atoms with Gasteiger partial charge in [0.15, 0.2) is 9.84 Å². The molecular weight excluding hydrogens is 310 g/mol. The number of aliphatic hydroxyl groups excluding tert-OH is 1. The van der Waals surface area contributed by atoms with E-state index < -0.39 is 9.84 Å². The van der Waals surface area contributed by atoms with Crippen molar-refractivity contribution >= 4 is 31.9 Å². The van der Waals surface area contributed by atoms with E-state index in [1.807, 2.05) is 6.07 Å². The maximum Gasteiger partial charge on any atom is 0.183 e. The summed E-state index contributed by atoms with van der Waals surface area (Å²) < 4.78 is 24.4. The third-order valence-corrected chi connectivity index (χ3v) is 6.70. The average molecular weight is 329 g/mol. The van der Waals surface area contributed by atoms with Crippen LogP contribution in [0.1, 0.15) is 37.5 Å². The van der Waals surface area contributed by atoms with Gasteiger partial charge in [0.2, 0.25) is 0 Å². The van der Waals surface area contributed by atoms with Gasteiger partial charge in [0.1, 0.15) is 20.8 Å². The molecule has 1 fully saturated rings. The molecule has 8 heteroatoms. The number of nitrogens with one attached hydrogen (secondary N) is 1. The number of nitrogen functional groups attached to an aromatic ring is 1. The molecule has 0 atom stereocenters. The fourth-order valence-electron chi connectivity index (χ4n) is 2.47. The molecule has 1 aromatic heterocycles. The van der Waals surface area contributed by atoms with Gasteiger partial charge in [-0.2, -0.15) is 5.26 Å². The van der Waals surface area contributed by atoms with Crippen LogP contribution in [0.2, 0.25) is 0 Å². The minimum absolute atomic E-state index is 0.0442. The maximum absolute atomic E-state index is 12.2. The summed E-state index contributed by atoms with van der Waals surface area (Å²) >= 11 is 1.08. The van der Waals surface area contributed by atoms with Gasteiger partial charge in [0, 0.05) is 6.04 Å². The van der Waals surface area contributed by atoms with E-state index >= 15 is 0 Å². The van der Waals surface area contributed by atoms with E-state index in [1.165, 1.54) is 0 Å². The van der Waals surface area contributed by atoms with Crippen LogP contribution in [0.3, 0.4) is 0 Å². The molecule has 1 aromatic rings. The van der Waals surface area contributed by atoms with Crippen LogP contribution in [-0.4, -0.2) is 31.4 Å². The first-order chi connectivity index (χ1) is 9.89. The van der Waals surface area contributed by atoms with Crippen LogP contribution in [0.4, 0.5) is 10.7 Å². The minimum Gasteiger partial charge on any atom is -0.396 e. The molecule has 1 heterocycles. The Morgan fingerprint density at radius 2 is 2.05 bits per heavy atom. The van der Waals surface area contributed by atoms with Gasteiger partial charge in [-0.05, 0) is 25.7 Å². The molecule has 0 bridgehead atoms. The van der Waals surface area contributed by atoms with Crippen molar-refractivity contribution in [3.63, 3.8) is 0 Å². The van der Waals surface area contributed by atoms with E-state index in [1.54, 1.807) is 6.92 Å². The van der Waals surface area contributed by atoms with Crippen molar-refractivity contribution in [3.05, 3.63) is 4.88 Å². The molecule has 21 heavy (non-hydrogen) atoms. The van der Waals surface area contributed by atoms with Crippen LogP contribution in [0.15, 0.2) is 4.90 Å². The summed E-state index contributed by atoms with van der Waals surface area (Å²) in [6.45, 7) is 1.55. The Balaban J connectivity index is 2.33. The van der Waals surface area contributed by atoms with Crippen LogP contribution < -0.4 is 11.1 Å². The van der Waals surface area contributed by atoms with Gasteiger partial charge < -0.3 is 16.2 Å². The van der Waals surface area contributed by atoms with Crippen LogP contribution >= 0.6 is 11.3 Å². The highest BCUT2D eigenvalue weighted by Gasteiger charge is 2.28. The van der Waals surface area contributed by atoms with Crippen molar-refractivity contribution in [1.29, 1.82) is 5.26 Å². The number of aliphatic hydroxyl groups is 1. The number of nitriles is 1. The normalized spacial score (nSPS) is 22.7. The van der Waals surface area contributed by atoms with Gasteiger partial charge in [-0.15, -0.1) is 11.3 Å². The second-order valence-electron chi connectivity index (χ2n) is 5.17. The first kappa shape index (κ1) is 16.1. The summed E-state index contributed by atoms with van der Waals surface area (Å²) in [5.41, 5.74) is 5.88. The van der Waals surface area contributed by atoms with Crippen molar-refractivity contribution < 1.29 is 13.5 Å². The summed E-state index contributed by atoms with van der Waals surface area (Å²) in [4.78, 5) is 0.276. The van der Waals surface area contributed by atoms with Gasteiger partial charge in [-0.25, -0.2) is 8.42 Å². The number of rotatable bonds is 4. The Morgan fingerprint density at radius 3 is 2.57 bits per heavy atom. The lowest BCUT2D eigenvalue weighted by Gasteiger charge is -2.26. The van der Waals surface area contributed by atoms with Crippen molar-refractivity contribution in [2.75, 3.05) is 16.8 Å². The quantitative estimate of drug-likeness (QED) is 0.774. The zero-order valence-electron chi connectivity index (χ0n) is 11.8. The fraction of sp³-hybridized carbons (Fsp3) is 0.615. The maximum atomic E-state index is 12.2. The van der Waals surface area contributed by atoms with Crippen LogP contribution in [0, 0.1) is 11.3 Å². The monoisotopic (exact) mass is 329 g/mol. The third kappa shape index (κ3) is 3.31. The molecule has 0 aromatic carbocycles. The molecule has 0 radical (unpaired) electrons. The van der Waals surface area contributed by atoms with Crippen molar-refractivity contribution in [2.24, 2.45) is 0 Å². The largest absolute Gasteiger partial charge is 0.396 e. The second kappa shape index (κ2) is 6.22. The molecule has 0 unspecified atom stereocenters. The highest BCUT2D eigenvalue weighted by Crippen LogP contribution is 2.40. The molecule has 0 spiro atoms. The SMILES string of the molecule is CCS(=O)(=O)c1c(NC2CCC(O)CC2)sc(C#N)c1N. The Bertz CT molecular complexity index is 653. The lowest BCUT2D eigenvalue weighted by atomic mass is 9.93. The number of thiophene rings is 1. The first-order valence-corrected chi connectivity index (χ1v) is 9.35. The lowest BCUT2D eigenvalue weighted by molar-refractivity contribution is 0.126. The highest BCUT2D eigenvalue weighted by molar-refractivity contribution is 7.91. The van der Waals surface area contributed by atoms with Gasteiger partial charge in [0.25, 0.3) is 0 Å². The molecule has 1 saturated carbocycles. The van der Waals surface area contributed by atoms with E-state index in [0.29, 0.717) is 17.8 Å². The van der Waals surface area contributed by atoms with Crippen LogP contribution in [0.5, 0.6) is 0 Å². The zero-order valence-corrected chi connectivity index (χ0v) is 13.4. The number of nitrogens with two attached hydrogens (primary N) is 1. The average Bonchev–Trinajstić information content (AvgIpc) is 2.78. The molecular formula is C13H19N3O3S2. The molecule has 1 aliphatic carbocycles. The highest BCUT2D eigenvalue weighted by atomic mass is 32.2. The number of sulfone groups is 1. The fourth-order valence-corrected chi connectivity index (χ4v) is 4.99. The smallest absolute Gasteiger partial charge is 0.183 e. The van der Waals surface area contributed by atoms with E-state index in [-0.39, 0.29) is 33.4 Å². The molecule has 2 rings (SSSR count). The predicted octanol–water partition coefficient (Wildman–Crippen LogP) is 1.71. The van der Waals surface area contributed by atoms with Gasteiger partial charge in [0.05, 0.1) is 17.5 Å². The summed E-state index contributed by atoms with van der Waals surface area (Å²) in [6, 6.07) is 2.05. The summed E-state index contributed by atoms with van der Waals surface area (Å²) in [5.74, 6) is -0.0587. The Labute approximate surface area is 128 Å². The lowest BCUT2D eigenvalue weighted by Crippen LogP contribution is -2.28. The third-order valence-electron chi connectivity index (χ3n) is 3.72. The molecule has 6 nitrogen and oxygen atoms in total. The van der Waals surface area contributed by atoms with Crippen molar-refractivity contribution in [2.45, 2.75) is 49.6 Å².